The third-order valence-electron chi connectivity index (χ3n) is 5.26. The Morgan fingerprint density at radius 1 is 1.12 bits per heavy atom. The second-order valence-electron chi connectivity index (χ2n) is 7.52. The van der Waals surface area contributed by atoms with Crippen LogP contribution < -0.4 is 28.5 Å². The molecule has 0 aliphatic heterocycles. The van der Waals surface area contributed by atoms with E-state index in [4.69, 9.17) is 4.74 Å². The summed E-state index contributed by atoms with van der Waals surface area (Å²) in [4.78, 5) is 26.7. The molecular formula is C26H26INO3S2. The number of ketones is 1. The second kappa shape index (κ2) is 12.5. The first-order chi connectivity index (χ1) is 15.7. The van der Waals surface area contributed by atoms with Crippen LogP contribution in [0.4, 0.5) is 0 Å². The fourth-order valence-corrected chi connectivity index (χ4v) is 6.68. The summed E-state index contributed by atoms with van der Waals surface area (Å²) in [5.74, 6) is -0.377. The van der Waals surface area contributed by atoms with Gasteiger partial charge >= 0.3 is 5.97 Å². The molecule has 1 aromatic carbocycles. The first-order valence-electron chi connectivity index (χ1n) is 10.9. The number of aromatic nitrogens is 1. The third-order valence-corrected chi connectivity index (χ3v) is 7.92. The molecule has 4 rings (SSSR count). The lowest BCUT2D eigenvalue weighted by Crippen LogP contribution is -3.00. The zero-order valence-corrected chi connectivity index (χ0v) is 22.2. The first kappa shape index (κ1) is 25.6. The molecule has 0 saturated heterocycles. The van der Waals surface area contributed by atoms with Crippen molar-refractivity contribution >= 4 is 34.9 Å². The van der Waals surface area contributed by atoms with Crippen LogP contribution in [-0.2, 0) is 16.0 Å². The number of benzene rings is 1. The number of thioether (sulfide) groups is 1. The molecule has 172 valence electrons. The average molecular weight is 592 g/mol. The van der Waals surface area contributed by atoms with Crippen molar-refractivity contribution in [3.05, 3.63) is 89.1 Å². The van der Waals surface area contributed by atoms with Crippen molar-refractivity contribution in [3.63, 3.8) is 0 Å². The van der Waals surface area contributed by atoms with E-state index in [2.05, 4.69) is 12.2 Å². The number of rotatable bonds is 8. The van der Waals surface area contributed by atoms with Gasteiger partial charge in [0, 0.05) is 22.9 Å². The Bertz CT molecular complexity index is 1110. The van der Waals surface area contributed by atoms with E-state index in [0.717, 1.165) is 28.3 Å². The summed E-state index contributed by atoms with van der Waals surface area (Å²) in [7, 11) is 0. The summed E-state index contributed by atoms with van der Waals surface area (Å²) >= 11 is 3.27. The van der Waals surface area contributed by atoms with Gasteiger partial charge in [0.15, 0.2) is 12.4 Å². The third kappa shape index (κ3) is 6.33. The Morgan fingerprint density at radius 2 is 1.85 bits per heavy atom. The van der Waals surface area contributed by atoms with Gasteiger partial charge in [0.1, 0.15) is 4.21 Å². The van der Waals surface area contributed by atoms with E-state index in [1.807, 2.05) is 65.5 Å². The lowest BCUT2D eigenvalue weighted by atomic mass is 10.0. The highest BCUT2D eigenvalue weighted by molar-refractivity contribution is 8.02. The van der Waals surface area contributed by atoms with Crippen molar-refractivity contribution in [2.75, 3.05) is 6.61 Å². The van der Waals surface area contributed by atoms with Crippen molar-refractivity contribution in [1.29, 1.82) is 0 Å². The fourth-order valence-electron chi connectivity index (χ4n) is 3.76. The van der Waals surface area contributed by atoms with Gasteiger partial charge in [0.25, 0.3) is 0 Å². The molecule has 33 heavy (non-hydrogen) atoms. The van der Waals surface area contributed by atoms with Gasteiger partial charge in [-0.1, -0.05) is 48.6 Å². The van der Waals surface area contributed by atoms with Crippen LogP contribution in [0.1, 0.15) is 47.0 Å². The van der Waals surface area contributed by atoms with Gasteiger partial charge in [-0.25, -0.2) is 0 Å². The molecule has 0 N–H and O–H groups in total. The number of carbonyl (C=O) groups is 2. The van der Waals surface area contributed by atoms with E-state index in [1.165, 1.54) is 17.8 Å². The van der Waals surface area contributed by atoms with E-state index in [-0.39, 0.29) is 42.2 Å². The SMILES string of the molecule is CCOC(=O)Cc1c(C(=O)c2ccccc2)sc(SC2C=CCCC2)c1-[n+]1ccccc1.[I-]. The van der Waals surface area contributed by atoms with Crippen LogP contribution in [-0.4, -0.2) is 23.6 Å². The highest BCUT2D eigenvalue weighted by Crippen LogP contribution is 2.42. The highest BCUT2D eigenvalue weighted by atomic mass is 127. The van der Waals surface area contributed by atoms with Crippen molar-refractivity contribution in [2.24, 2.45) is 0 Å². The number of allylic oxidation sites excluding steroid dienone is 1. The second-order valence-corrected chi connectivity index (χ2v) is 10.0. The van der Waals surface area contributed by atoms with Gasteiger partial charge in [-0.3, -0.25) is 9.59 Å². The molecule has 7 heteroatoms. The Balaban J connectivity index is 0.00000306. The number of hydrogen-bond acceptors (Lipinski definition) is 5. The maximum atomic E-state index is 13.5. The molecule has 0 radical (unpaired) electrons. The van der Waals surface area contributed by atoms with Crippen molar-refractivity contribution < 1.29 is 42.9 Å². The van der Waals surface area contributed by atoms with Crippen molar-refractivity contribution in [2.45, 2.75) is 42.1 Å². The molecule has 0 saturated carbocycles. The Kier molecular flexibility index (Phi) is 9.70. The molecular weight excluding hydrogens is 565 g/mol. The van der Waals surface area contributed by atoms with Gasteiger partial charge < -0.3 is 28.7 Å². The molecule has 3 aromatic rings. The number of hydrogen-bond donors (Lipinski definition) is 0. The number of ether oxygens (including phenoxy) is 1. The van der Waals surface area contributed by atoms with E-state index in [1.54, 1.807) is 18.7 Å². The Morgan fingerprint density at radius 3 is 2.52 bits per heavy atom. The molecule has 0 fully saturated rings. The Hall–Kier alpha value is -1.97. The van der Waals surface area contributed by atoms with Crippen LogP contribution in [0.2, 0.25) is 0 Å². The zero-order chi connectivity index (χ0) is 22.3. The number of esters is 1. The van der Waals surface area contributed by atoms with Crippen LogP contribution in [0.5, 0.6) is 0 Å². The number of thiophene rings is 1. The molecule has 1 aliphatic rings. The smallest absolute Gasteiger partial charge is 0.310 e. The normalized spacial score (nSPS) is 15.0. The predicted octanol–water partition coefficient (Wildman–Crippen LogP) is 2.57. The fraction of sp³-hybridized carbons (Fsp3) is 0.269. The molecule has 2 aromatic heterocycles. The summed E-state index contributed by atoms with van der Waals surface area (Å²) < 4.78 is 8.33. The number of nitrogens with zero attached hydrogens (tertiary/aromatic N) is 1. The zero-order valence-electron chi connectivity index (χ0n) is 18.4. The van der Waals surface area contributed by atoms with Gasteiger partial charge in [0.05, 0.1) is 23.5 Å². The van der Waals surface area contributed by atoms with Crippen LogP contribution in [0, 0.1) is 0 Å². The van der Waals surface area contributed by atoms with E-state index in [9.17, 15) is 9.59 Å². The molecule has 1 atom stereocenters. The summed E-state index contributed by atoms with van der Waals surface area (Å²) in [5.41, 5.74) is 2.27. The number of pyridine rings is 1. The van der Waals surface area contributed by atoms with Crippen molar-refractivity contribution in [3.8, 4) is 5.69 Å². The minimum Gasteiger partial charge on any atom is -1.00 e. The summed E-state index contributed by atoms with van der Waals surface area (Å²) in [6.45, 7) is 2.11. The van der Waals surface area contributed by atoms with Gasteiger partial charge in [-0.15, -0.1) is 23.1 Å². The van der Waals surface area contributed by atoms with Crippen LogP contribution in [0.3, 0.4) is 0 Å². The topological polar surface area (TPSA) is 47.3 Å². The van der Waals surface area contributed by atoms with Crippen LogP contribution >= 0.6 is 23.1 Å². The van der Waals surface area contributed by atoms with E-state index >= 15 is 0 Å². The molecule has 4 nitrogen and oxygen atoms in total. The average Bonchev–Trinajstić information content (AvgIpc) is 3.17. The van der Waals surface area contributed by atoms with Gasteiger partial charge in [-0.05, 0) is 26.2 Å². The molecule has 0 amide bonds. The van der Waals surface area contributed by atoms with E-state index in [0.29, 0.717) is 22.3 Å². The van der Waals surface area contributed by atoms with E-state index < -0.39 is 0 Å². The monoisotopic (exact) mass is 591 g/mol. The van der Waals surface area contributed by atoms with Gasteiger partial charge in [0.2, 0.25) is 11.5 Å². The van der Waals surface area contributed by atoms with Crippen LogP contribution in [0.25, 0.3) is 5.69 Å². The summed E-state index contributed by atoms with van der Waals surface area (Å²) in [6.07, 6.45) is 11.9. The lowest BCUT2D eigenvalue weighted by Gasteiger charge is -2.14. The first-order valence-corrected chi connectivity index (χ1v) is 12.6. The minimum atomic E-state index is -0.320. The summed E-state index contributed by atoms with van der Waals surface area (Å²) in [6, 6.07) is 15.1. The number of carbonyl (C=O) groups excluding carboxylic acids is 2. The molecule has 1 aliphatic carbocycles. The quantitative estimate of drug-likeness (QED) is 0.133. The summed E-state index contributed by atoms with van der Waals surface area (Å²) in [5, 5.41) is 0.362. The molecule has 0 spiro atoms. The molecule has 0 bridgehead atoms. The molecule has 2 heterocycles. The maximum Gasteiger partial charge on any atom is 0.310 e. The highest BCUT2D eigenvalue weighted by Gasteiger charge is 2.32. The standard InChI is InChI=1S/C26H26NO3S2.HI/c1-2-30-22(28)18-21-23(27-16-10-5-11-17-27)26(31-20-14-8-4-9-15-20)32-25(21)24(29)19-12-6-3-7-13-19;/h3,5-8,10-14,16-17,20H,2,4,9,15,18H2,1H3;1H/q+1;/p-1. The lowest BCUT2D eigenvalue weighted by molar-refractivity contribution is -0.598. The van der Waals surface area contributed by atoms with Gasteiger partial charge in [-0.2, -0.15) is 4.57 Å². The molecule has 1 unspecified atom stereocenters. The largest absolute Gasteiger partial charge is 1.00 e. The Labute approximate surface area is 220 Å². The number of halogens is 1. The maximum absolute atomic E-state index is 13.5. The van der Waals surface area contributed by atoms with Crippen LogP contribution in [0.15, 0.2) is 77.3 Å². The predicted molar refractivity (Wildman–Crippen MR) is 129 cm³/mol. The minimum absolute atomic E-state index is 0. The van der Waals surface area contributed by atoms with Crippen molar-refractivity contribution in [1.82, 2.24) is 0 Å².